The van der Waals surface area contributed by atoms with Crippen LogP contribution >= 0.6 is 0 Å². The number of aromatic nitrogens is 1. The van der Waals surface area contributed by atoms with E-state index in [0.717, 1.165) is 32.0 Å². The fourth-order valence-corrected chi connectivity index (χ4v) is 3.06. The minimum atomic E-state index is 0.602. The first kappa shape index (κ1) is 12.9. The Balaban J connectivity index is 1.59. The van der Waals surface area contributed by atoms with Crippen LogP contribution in [-0.2, 0) is 6.54 Å². The molecule has 0 bridgehead atoms. The van der Waals surface area contributed by atoms with Crippen molar-refractivity contribution in [3.05, 3.63) is 23.9 Å². The molecule has 4 heteroatoms. The van der Waals surface area contributed by atoms with Crippen LogP contribution < -0.4 is 10.2 Å². The summed E-state index contributed by atoms with van der Waals surface area (Å²) in [6.45, 7) is 8.98. The fourth-order valence-electron chi connectivity index (χ4n) is 3.06. The Kier molecular flexibility index (Phi) is 3.99. The molecule has 104 valence electrons. The first-order valence-electron chi connectivity index (χ1n) is 7.47. The molecule has 0 aromatic carbocycles. The second-order valence-electron chi connectivity index (χ2n) is 5.81. The van der Waals surface area contributed by atoms with Gasteiger partial charge >= 0.3 is 0 Å². The van der Waals surface area contributed by atoms with E-state index in [-0.39, 0.29) is 0 Å². The second kappa shape index (κ2) is 5.88. The highest BCUT2D eigenvalue weighted by atomic mass is 15.2. The summed E-state index contributed by atoms with van der Waals surface area (Å²) < 4.78 is 0. The zero-order chi connectivity index (χ0) is 13.1. The number of pyridine rings is 1. The van der Waals surface area contributed by atoms with Gasteiger partial charge in [-0.15, -0.1) is 0 Å². The first-order chi connectivity index (χ1) is 9.31. The van der Waals surface area contributed by atoms with Crippen LogP contribution in [0.4, 0.5) is 5.82 Å². The lowest BCUT2D eigenvalue weighted by molar-refractivity contribution is 0.199. The third-order valence-corrected chi connectivity index (χ3v) is 4.10. The van der Waals surface area contributed by atoms with E-state index in [1.165, 1.54) is 31.5 Å². The van der Waals surface area contributed by atoms with Crippen LogP contribution in [0.25, 0.3) is 0 Å². The van der Waals surface area contributed by atoms with Gasteiger partial charge in [-0.1, -0.05) is 6.07 Å². The SMILES string of the molecule is C[C@@H]1CN(Cc2ccc(N3CCCC3)nc2)CCN1. The van der Waals surface area contributed by atoms with Crippen molar-refractivity contribution in [2.75, 3.05) is 37.6 Å². The van der Waals surface area contributed by atoms with Gasteiger partial charge in [-0.25, -0.2) is 4.98 Å². The van der Waals surface area contributed by atoms with Crippen molar-refractivity contribution in [2.24, 2.45) is 0 Å². The van der Waals surface area contributed by atoms with Crippen molar-refractivity contribution in [1.29, 1.82) is 0 Å². The Morgan fingerprint density at radius 1 is 1.26 bits per heavy atom. The summed E-state index contributed by atoms with van der Waals surface area (Å²) in [5.41, 5.74) is 1.33. The van der Waals surface area contributed by atoms with E-state index in [2.05, 4.69) is 45.4 Å². The Morgan fingerprint density at radius 3 is 2.79 bits per heavy atom. The zero-order valence-corrected chi connectivity index (χ0v) is 11.8. The van der Waals surface area contributed by atoms with Gasteiger partial charge in [0.1, 0.15) is 5.82 Å². The molecule has 2 aliphatic heterocycles. The summed E-state index contributed by atoms with van der Waals surface area (Å²) in [7, 11) is 0. The Hall–Kier alpha value is -1.13. The van der Waals surface area contributed by atoms with Gasteiger partial charge in [0.2, 0.25) is 0 Å². The van der Waals surface area contributed by atoms with Crippen LogP contribution in [0, 0.1) is 0 Å². The Labute approximate surface area is 115 Å². The van der Waals surface area contributed by atoms with Gasteiger partial charge in [0, 0.05) is 51.5 Å². The molecule has 3 heterocycles. The minimum absolute atomic E-state index is 0.602. The Bertz CT molecular complexity index is 397. The van der Waals surface area contributed by atoms with E-state index in [9.17, 15) is 0 Å². The molecule has 1 aromatic heterocycles. The van der Waals surface area contributed by atoms with E-state index >= 15 is 0 Å². The van der Waals surface area contributed by atoms with Gasteiger partial charge in [0.05, 0.1) is 0 Å². The van der Waals surface area contributed by atoms with Crippen LogP contribution in [0.5, 0.6) is 0 Å². The van der Waals surface area contributed by atoms with E-state index in [1.54, 1.807) is 0 Å². The van der Waals surface area contributed by atoms with Crippen molar-refractivity contribution in [3.8, 4) is 0 Å². The van der Waals surface area contributed by atoms with E-state index in [4.69, 9.17) is 0 Å². The van der Waals surface area contributed by atoms with Crippen molar-refractivity contribution in [2.45, 2.75) is 32.4 Å². The van der Waals surface area contributed by atoms with Crippen LogP contribution in [0.2, 0.25) is 0 Å². The van der Waals surface area contributed by atoms with E-state index in [0.29, 0.717) is 6.04 Å². The summed E-state index contributed by atoms with van der Waals surface area (Å²) >= 11 is 0. The summed E-state index contributed by atoms with van der Waals surface area (Å²) in [5.74, 6) is 1.15. The van der Waals surface area contributed by atoms with Gasteiger partial charge < -0.3 is 10.2 Å². The number of piperazine rings is 1. The third-order valence-electron chi connectivity index (χ3n) is 4.10. The molecule has 19 heavy (non-hydrogen) atoms. The number of anilines is 1. The Morgan fingerprint density at radius 2 is 2.11 bits per heavy atom. The molecule has 2 fully saturated rings. The minimum Gasteiger partial charge on any atom is -0.357 e. The molecule has 0 saturated carbocycles. The average molecular weight is 260 g/mol. The van der Waals surface area contributed by atoms with Crippen LogP contribution in [-0.4, -0.2) is 48.6 Å². The van der Waals surface area contributed by atoms with Crippen molar-refractivity contribution in [3.63, 3.8) is 0 Å². The molecule has 0 spiro atoms. The predicted molar refractivity (Wildman–Crippen MR) is 78.4 cm³/mol. The molecule has 1 atom stereocenters. The highest BCUT2D eigenvalue weighted by molar-refractivity contribution is 5.40. The quantitative estimate of drug-likeness (QED) is 0.892. The number of hydrogen-bond acceptors (Lipinski definition) is 4. The highest BCUT2D eigenvalue weighted by Crippen LogP contribution is 2.18. The van der Waals surface area contributed by atoms with Gasteiger partial charge in [0.15, 0.2) is 0 Å². The highest BCUT2D eigenvalue weighted by Gasteiger charge is 2.16. The molecule has 0 amide bonds. The fraction of sp³-hybridized carbons (Fsp3) is 0.667. The van der Waals surface area contributed by atoms with E-state index < -0.39 is 0 Å². The molecule has 1 N–H and O–H groups in total. The van der Waals surface area contributed by atoms with Crippen molar-refractivity contribution in [1.82, 2.24) is 15.2 Å². The standard InChI is InChI=1S/C15H24N4/c1-13-11-18(9-6-16-13)12-14-4-5-15(17-10-14)19-7-2-3-8-19/h4-5,10,13,16H,2-3,6-9,11-12H2,1H3/t13-/m1/s1. The number of nitrogens with one attached hydrogen (secondary N) is 1. The lowest BCUT2D eigenvalue weighted by Crippen LogP contribution is -2.48. The monoisotopic (exact) mass is 260 g/mol. The smallest absolute Gasteiger partial charge is 0.128 e. The van der Waals surface area contributed by atoms with Gasteiger partial charge in [-0.3, -0.25) is 4.90 Å². The molecule has 2 saturated heterocycles. The summed E-state index contributed by atoms with van der Waals surface area (Å²) in [5, 5.41) is 3.48. The molecule has 4 nitrogen and oxygen atoms in total. The normalized spacial score (nSPS) is 24.9. The molecular weight excluding hydrogens is 236 g/mol. The molecule has 0 aliphatic carbocycles. The maximum atomic E-state index is 4.63. The molecule has 3 rings (SSSR count). The van der Waals surface area contributed by atoms with Crippen molar-refractivity contribution < 1.29 is 0 Å². The summed E-state index contributed by atoms with van der Waals surface area (Å²) in [4.78, 5) is 9.52. The van der Waals surface area contributed by atoms with Gasteiger partial charge in [0.25, 0.3) is 0 Å². The third kappa shape index (κ3) is 3.25. The summed E-state index contributed by atoms with van der Waals surface area (Å²) in [6, 6.07) is 5.03. The molecule has 2 aliphatic rings. The van der Waals surface area contributed by atoms with Crippen molar-refractivity contribution >= 4 is 5.82 Å². The topological polar surface area (TPSA) is 31.4 Å². The molecule has 0 radical (unpaired) electrons. The molecule has 0 unspecified atom stereocenters. The molecule has 1 aromatic rings. The first-order valence-corrected chi connectivity index (χ1v) is 7.47. The maximum absolute atomic E-state index is 4.63. The second-order valence-corrected chi connectivity index (χ2v) is 5.81. The number of nitrogens with zero attached hydrogens (tertiary/aromatic N) is 3. The number of rotatable bonds is 3. The average Bonchev–Trinajstić information content (AvgIpc) is 2.94. The largest absolute Gasteiger partial charge is 0.357 e. The lowest BCUT2D eigenvalue weighted by Gasteiger charge is -2.31. The van der Waals surface area contributed by atoms with E-state index in [1.807, 2.05) is 0 Å². The zero-order valence-electron chi connectivity index (χ0n) is 11.8. The molecular formula is C15H24N4. The van der Waals surface area contributed by atoms with Gasteiger partial charge in [-0.05, 0) is 31.4 Å². The lowest BCUT2D eigenvalue weighted by atomic mass is 10.2. The predicted octanol–water partition coefficient (Wildman–Crippen LogP) is 1.48. The maximum Gasteiger partial charge on any atom is 0.128 e. The van der Waals surface area contributed by atoms with Crippen LogP contribution in [0.3, 0.4) is 0 Å². The number of hydrogen-bond donors (Lipinski definition) is 1. The van der Waals surface area contributed by atoms with Gasteiger partial charge in [-0.2, -0.15) is 0 Å². The van der Waals surface area contributed by atoms with Crippen LogP contribution in [0.15, 0.2) is 18.3 Å². The van der Waals surface area contributed by atoms with Crippen LogP contribution in [0.1, 0.15) is 25.3 Å². The summed E-state index contributed by atoms with van der Waals surface area (Å²) in [6.07, 6.45) is 4.67.